The van der Waals surface area contributed by atoms with Crippen LogP contribution in [0.3, 0.4) is 0 Å². The van der Waals surface area contributed by atoms with Crippen LogP contribution in [0.25, 0.3) is 0 Å². The largest absolute Gasteiger partial charge is 0.370 e. The second-order valence-corrected chi connectivity index (χ2v) is 5.49. The highest BCUT2D eigenvalue weighted by molar-refractivity contribution is 5.53. The van der Waals surface area contributed by atoms with Crippen LogP contribution in [-0.2, 0) is 0 Å². The summed E-state index contributed by atoms with van der Waals surface area (Å²) in [5, 5.41) is 0. The molecular formula is C17H30N2. The molecular weight excluding hydrogens is 232 g/mol. The maximum Gasteiger partial charge on any atom is 0.0409 e. The van der Waals surface area contributed by atoms with Gasteiger partial charge < -0.3 is 10.6 Å². The van der Waals surface area contributed by atoms with E-state index in [1.54, 1.807) is 0 Å². The highest BCUT2D eigenvalue weighted by Gasteiger charge is 2.14. The molecule has 1 rings (SSSR count). The molecule has 0 aromatic heterocycles. The van der Waals surface area contributed by atoms with Crippen LogP contribution in [-0.4, -0.2) is 19.6 Å². The van der Waals surface area contributed by atoms with Gasteiger partial charge in [-0.3, -0.25) is 0 Å². The number of benzene rings is 1. The first-order chi connectivity index (χ1) is 9.20. The van der Waals surface area contributed by atoms with Crippen molar-refractivity contribution < 1.29 is 0 Å². The summed E-state index contributed by atoms with van der Waals surface area (Å²) in [5.41, 5.74) is 8.60. The Morgan fingerprint density at radius 2 is 1.79 bits per heavy atom. The lowest BCUT2D eigenvalue weighted by molar-refractivity contribution is 0.528. The molecule has 1 atom stereocenters. The molecule has 2 heteroatoms. The highest BCUT2D eigenvalue weighted by atomic mass is 15.1. The van der Waals surface area contributed by atoms with Crippen LogP contribution in [0.15, 0.2) is 24.3 Å². The van der Waals surface area contributed by atoms with Gasteiger partial charge in [-0.1, -0.05) is 57.2 Å². The Hall–Kier alpha value is -1.02. The average Bonchev–Trinajstić information content (AvgIpc) is 2.43. The van der Waals surface area contributed by atoms with Crippen molar-refractivity contribution >= 4 is 5.69 Å². The Morgan fingerprint density at radius 3 is 2.42 bits per heavy atom. The van der Waals surface area contributed by atoms with E-state index in [1.807, 2.05) is 0 Å². The molecule has 0 fully saturated rings. The van der Waals surface area contributed by atoms with Crippen molar-refractivity contribution in [3.8, 4) is 0 Å². The first kappa shape index (κ1) is 16.0. The van der Waals surface area contributed by atoms with Gasteiger partial charge in [-0.05, 0) is 25.0 Å². The van der Waals surface area contributed by atoms with E-state index in [9.17, 15) is 0 Å². The zero-order valence-electron chi connectivity index (χ0n) is 12.9. The zero-order chi connectivity index (χ0) is 14.1. The number of unbranched alkanes of at least 4 members (excludes halogenated alkanes) is 4. The predicted octanol–water partition coefficient (Wildman–Crippen LogP) is 4.12. The van der Waals surface area contributed by atoms with Gasteiger partial charge in [0.05, 0.1) is 0 Å². The maximum absolute atomic E-state index is 5.96. The third-order valence-electron chi connectivity index (χ3n) is 3.96. The molecule has 1 unspecified atom stereocenters. The molecule has 0 spiro atoms. The van der Waals surface area contributed by atoms with E-state index < -0.39 is 0 Å². The molecule has 0 radical (unpaired) electrons. The average molecular weight is 262 g/mol. The van der Waals surface area contributed by atoms with E-state index in [4.69, 9.17) is 5.73 Å². The normalized spacial score (nSPS) is 12.4. The van der Waals surface area contributed by atoms with Gasteiger partial charge in [0.25, 0.3) is 0 Å². The van der Waals surface area contributed by atoms with Crippen molar-refractivity contribution in [3.63, 3.8) is 0 Å². The molecule has 19 heavy (non-hydrogen) atoms. The molecule has 1 aromatic carbocycles. The highest BCUT2D eigenvalue weighted by Crippen LogP contribution is 2.22. The molecule has 2 nitrogen and oxygen atoms in total. The topological polar surface area (TPSA) is 29.3 Å². The molecule has 1 aromatic rings. The van der Waals surface area contributed by atoms with Crippen molar-refractivity contribution in [3.05, 3.63) is 29.8 Å². The van der Waals surface area contributed by atoms with Gasteiger partial charge in [0.2, 0.25) is 0 Å². The summed E-state index contributed by atoms with van der Waals surface area (Å²) in [5.74, 6) is 0. The Labute approximate surface area is 119 Å². The first-order valence-corrected chi connectivity index (χ1v) is 7.69. The lowest BCUT2D eigenvalue weighted by Gasteiger charge is -2.30. The van der Waals surface area contributed by atoms with Crippen molar-refractivity contribution in [1.29, 1.82) is 0 Å². The summed E-state index contributed by atoms with van der Waals surface area (Å²) in [6.45, 7) is 5.16. The number of anilines is 1. The Kier molecular flexibility index (Phi) is 7.57. The summed E-state index contributed by atoms with van der Waals surface area (Å²) in [6, 6.07) is 9.01. The minimum atomic E-state index is 0.461. The van der Waals surface area contributed by atoms with Gasteiger partial charge in [0.1, 0.15) is 0 Å². The van der Waals surface area contributed by atoms with Crippen LogP contribution in [0.2, 0.25) is 0 Å². The van der Waals surface area contributed by atoms with Crippen LogP contribution in [0.4, 0.5) is 5.69 Å². The van der Waals surface area contributed by atoms with Crippen molar-refractivity contribution in [2.45, 2.75) is 58.4 Å². The molecule has 0 saturated carbocycles. The number of aryl methyl sites for hydroxylation is 1. The monoisotopic (exact) mass is 262 g/mol. The lowest BCUT2D eigenvalue weighted by Crippen LogP contribution is -2.38. The Morgan fingerprint density at radius 1 is 1.11 bits per heavy atom. The number of nitrogens with two attached hydrogens (primary N) is 1. The molecule has 0 saturated heterocycles. The summed E-state index contributed by atoms with van der Waals surface area (Å²) >= 11 is 0. The second-order valence-electron chi connectivity index (χ2n) is 5.49. The molecule has 0 heterocycles. The van der Waals surface area contributed by atoms with E-state index in [0.29, 0.717) is 6.04 Å². The Bertz CT molecular complexity index is 349. The number of hydrogen-bond donors (Lipinski definition) is 1. The summed E-state index contributed by atoms with van der Waals surface area (Å²) in [4.78, 5) is 2.36. The van der Waals surface area contributed by atoms with Gasteiger partial charge in [0.15, 0.2) is 0 Å². The molecule has 108 valence electrons. The number of para-hydroxylation sites is 1. The summed E-state index contributed by atoms with van der Waals surface area (Å²) in [6.07, 6.45) is 7.86. The third-order valence-corrected chi connectivity index (χ3v) is 3.96. The number of hydrogen-bond acceptors (Lipinski definition) is 2. The molecule has 0 bridgehead atoms. The number of likely N-dealkylation sites (N-methyl/N-ethyl adjacent to an activating group) is 1. The van der Waals surface area contributed by atoms with Crippen LogP contribution in [0.1, 0.15) is 51.0 Å². The minimum absolute atomic E-state index is 0.461. The Balaban J connectivity index is 2.48. The molecule has 0 aliphatic carbocycles. The van der Waals surface area contributed by atoms with E-state index in [-0.39, 0.29) is 0 Å². The first-order valence-electron chi connectivity index (χ1n) is 7.69. The quantitative estimate of drug-likeness (QED) is 0.678. The fourth-order valence-corrected chi connectivity index (χ4v) is 2.61. The smallest absolute Gasteiger partial charge is 0.0409 e. The van der Waals surface area contributed by atoms with Crippen LogP contribution in [0, 0.1) is 6.92 Å². The van der Waals surface area contributed by atoms with E-state index in [1.165, 1.54) is 49.8 Å². The van der Waals surface area contributed by atoms with E-state index in [0.717, 1.165) is 6.54 Å². The van der Waals surface area contributed by atoms with Crippen molar-refractivity contribution in [2.75, 3.05) is 18.5 Å². The SMILES string of the molecule is CCCCCCCC(CN)N(C)c1ccccc1C. The van der Waals surface area contributed by atoms with E-state index in [2.05, 4.69) is 50.1 Å². The summed E-state index contributed by atoms with van der Waals surface area (Å²) < 4.78 is 0. The molecule has 0 aliphatic heterocycles. The predicted molar refractivity (Wildman–Crippen MR) is 85.8 cm³/mol. The number of nitrogens with zero attached hydrogens (tertiary/aromatic N) is 1. The van der Waals surface area contributed by atoms with E-state index >= 15 is 0 Å². The summed E-state index contributed by atoms with van der Waals surface area (Å²) in [7, 11) is 2.17. The molecule has 0 aliphatic rings. The van der Waals surface area contributed by atoms with Gasteiger partial charge in [0, 0.05) is 25.3 Å². The van der Waals surface area contributed by atoms with Gasteiger partial charge in [-0.15, -0.1) is 0 Å². The van der Waals surface area contributed by atoms with Crippen molar-refractivity contribution in [1.82, 2.24) is 0 Å². The van der Waals surface area contributed by atoms with Gasteiger partial charge >= 0.3 is 0 Å². The standard InChI is InChI=1S/C17H30N2/c1-4-5-6-7-8-12-16(14-18)19(3)17-13-10-9-11-15(17)2/h9-11,13,16H,4-8,12,14,18H2,1-3H3. The second kappa shape index (κ2) is 8.98. The van der Waals surface area contributed by atoms with Crippen LogP contribution < -0.4 is 10.6 Å². The van der Waals surface area contributed by atoms with Gasteiger partial charge in [-0.2, -0.15) is 0 Å². The van der Waals surface area contributed by atoms with Gasteiger partial charge in [-0.25, -0.2) is 0 Å². The minimum Gasteiger partial charge on any atom is -0.370 e. The van der Waals surface area contributed by atoms with Crippen LogP contribution >= 0.6 is 0 Å². The molecule has 0 amide bonds. The zero-order valence-corrected chi connectivity index (χ0v) is 12.9. The van der Waals surface area contributed by atoms with Crippen LogP contribution in [0.5, 0.6) is 0 Å². The fourth-order valence-electron chi connectivity index (χ4n) is 2.61. The lowest BCUT2D eigenvalue weighted by atomic mass is 10.0. The third kappa shape index (κ3) is 5.23. The fraction of sp³-hybridized carbons (Fsp3) is 0.647. The number of rotatable bonds is 9. The van der Waals surface area contributed by atoms with Crippen molar-refractivity contribution in [2.24, 2.45) is 5.73 Å². The maximum atomic E-state index is 5.96. The molecule has 2 N–H and O–H groups in total.